The number of nitrogens with zero attached hydrogens (tertiary/aromatic N) is 2. The molecule has 0 spiro atoms. The van der Waals surface area contributed by atoms with Crippen LogP contribution in [0, 0.1) is 0 Å². The average Bonchev–Trinajstić information content (AvgIpc) is 2.53. The average molecular weight is 356 g/mol. The normalized spacial score (nSPS) is 11.7. The van der Waals surface area contributed by atoms with E-state index in [0.29, 0.717) is 5.56 Å². The molecule has 0 aliphatic heterocycles. The van der Waals surface area contributed by atoms with Crippen LogP contribution in [0.5, 0.6) is 0 Å². The molecule has 0 fully saturated rings. The molecule has 0 saturated carbocycles. The fourth-order valence-electron chi connectivity index (χ4n) is 2.30. The van der Waals surface area contributed by atoms with Crippen LogP contribution < -0.4 is 5.73 Å². The van der Waals surface area contributed by atoms with Crippen LogP contribution in [-0.2, 0) is 0 Å². The highest BCUT2D eigenvalue weighted by atomic mass is 32.2. The first-order valence-corrected chi connectivity index (χ1v) is 8.92. The molecule has 2 rings (SSSR count). The number of aliphatic imine (C=N–C) groups is 1. The van der Waals surface area contributed by atoms with Crippen LogP contribution in [0.2, 0.25) is 0 Å². The minimum absolute atomic E-state index is 0.0877. The summed E-state index contributed by atoms with van der Waals surface area (Å²) < 4.78 is 0.0877. The summed E-state index contributed by atoms with van der Waals surface area (Å²) in [5.74, 6) is -0.268. The number of nitrogen functional groups attached to an aromatic ring is 1. The van der Waals surface area contributed by atoms with Crippen molar-refractivity contribution in [3.8, 4) is 11.1 Å². The molecule has 0 aromatic heterocycles. The first-order chi connectivity index (χ1) is 11.7. The van der Waals surface area contributed by atoms with Crippen LogP contribution >= 0.6 is 11.8 Å². The fraction of sp³-hybridized carbons (Fsp3) is 0.300. The van der Waals surface area contributed by atoms with Crippen molar-refractivity contribution >= 4 is 29.7 Å². The SMILES string of the molecule is CN(C)C=NC(=O)c1ccccc1-c1ccc(SC(C)(C)C)c(N)c1. The molecule has 132 valence electrons. The van der Waals surface area contributed by atoms with Gasteiger partial charge in [0.05, 0.1) is 6.34 Å². The third-order valence-electron chi connectivity index (χ3n) is 3.30. The van der Waals surface area contributed by atoms with Gasteiger partial charge in [0.2, 0.25) is 0 Å². The van der Waals surface area contributed by atoms with Crippen molar-refractivity contribution in [2.75, 3.05) is 19.8 Å². The Morgan fingerprint density at radius 2 is 1.84 bits per heavy atom. The first kappa shape index (κ1) is 19.1. The number of thioether (sulfide) groups is 1. The number of carbonyl (C=O) groups excluding carboxylic acids is 1. The molecule has 0 bridgehead atoms. The second-order valence-electron chi connectivity index (χ2n) is 7.03. The molecular formula is C20H25N3OS. The van der Waals surface area contributed by atoms with Gasteiger partial charge in [0.1, 0.15) is 0 Å². The van der Waals surface area contributed by atoms with Gasteiger partial charge in [0.15, 0.2) is 0 Å². The van der Waals surface area contributed by atoms with Gasteiger partial charge in [0, 0.05) is 35.0 Å². The zero-order chi connectivity index (χ0) is 18.6. The van der Waals surface area contributed by atoms with Gasteiger partial charge in [-0.1, -0.05) is 45.0 Å². The van der Waals surface area contributed by atoms with E-state index < -0.39 is 0 Å². The quantitative estimate of drug-likeness (QED) is 0.378. The third-order valence-corrected chi connectivity index (χ3v) is 4.50. The number of hydrogen-bond donors (Lipinski definition) is 1. The molecule has 4 nitrogen and oxygen atoms in total. The zero-order valence-corrected chi connectivity index (χ0v) is 16.2. The molecule has 0 heterocycles. The molecule has 0 saturated heterocycles. The minimum Gasteiger partial charge on any atom is -0.398 e. The number of rotatable bonds is 4. The number of amides is 1. The van der Waals surface area contributed by atoms with Gasteiger partial charge in [-0.15, -0.1) is 11.8 Å². The van der Waals surface area contributed by atoms with Crippen LogP contribution in [-0.4, -0.2) is 36.0 Å². The number of carbonyl (C=O) groups is 1. The van der Waals surface area contributed by atoms with Crippen molar-refractivity contribution in [1.29, 1.82) is 0 Å². The summed E-state index contributed by atoms with van der Waals surface area (Å²) in [7, 11) is 3.66. The van der Waals surface area contributed by atoms with E-state index in [1.54, 1.807) is 22.7 Å². The van der Waals surface area contributed by atoms with E-state index in [1.807, 2.05) is 50.5 Å². The Kier molecular flexibility index (Phi) is 5.90. The zero-order valence-electron chi connectivity index (χ0n) is 15.4. The van der Waals surface area contributed by atoms with Crippen LogP contribution in [0.4, 0.5) is 5.69 Å². The molecule has 0 aliphatic carbocycles. The highest BCUT2D eigenvalue weighted by Crippen LogP contribution is 2.37. The monoisotopic (exact) mass is 355 g/mol. The number of hydrogen-bond acceptors (Lipinski definition) is 3. The number of anilines is 1. The Balaban J connectivity index is 2.40. The number of nitrogens with two attached hydrogens (primary N) is 1. The van der Waals surface area contributed by atoms with Crippen molar-refractivity contribution in [1.82, 2.24) is 4.90 Å². The summed E-state index contributed by atoms with van der Waals surface area (Å²) in [5, 5.41) is 0. The van der Waals surface area contributed by atoms with Gasteiger partial charge in [0.25, 0.3) is 5.91 Å². The van der Waals surface area contributed by atoms with E-state index in [4.69, 9.17) is 5.73 Å². The maximum Gasteiger partial charge on any atom is 0.279 e. The van der Waals surface area contributed by atoms with Crippen molar-refractivity contribution < 1.29 is 4.79 Å². The van der Waals surface area contributed by atoms with Gasteiger partial charge in [-0.2, -0.15) is 4.99 Å². The van der Waals surface area contributed by atoms with E-state index in [0.717, 1.165) is 21.7 Å². The molecule has 2 aromatic carbocycles. The Labute approximate surface area is 154 Å². The first-order valence-electron chi connectivity index (χ1n) is 8.10. The van der Waals surface area contributed by atoms with Crippen molar-refractivity contribution in [3.63, 3.8) is 0 Å². The van der Waals surface area contributed by atoms with Crippen molar-refractivity contribution in [2.24, 2.45) is 4.99 Å². The highest BCUT2D eigenvalue weighted by Gasteiger charge is 2.16. The molecule has 2 aromatic rings. The third kappa shape index (κ3) is 5.36. The Morgan fingerprint density at radius 3 is 2.44 bits per heavy atom. The van der Waals surface area contributed by atoms with Crippen LogP contribution in [0.3, 0.4) is 0 Å². The van der Waals surface area contributed by atoms with Gasteiger partial charge in [-0.25, -0.2) is 0 Å². The second kappa shape index (κ2) is 7.74. The van der Waals surface area contributed by atoms with Gasteiger partial charge < -0.3 is 10.6 Å². The maximum absolute atomic E-state index is 12.4. The summed E-state index contributed by atoms with van der Waals surface area (Å²) in [5.41, 5.74) is 9.29. The summed E-state index contributed by atoms with van der Waals surface area (Å²) in [6, 6.07) is 13.4. The molecule has 5 heteroatoms. The van der Waals surface area contributed by atoms with Gasteiger partial charge >= 0.3 is 0 Å². The fourth-order valence-corrected chi connectivity index (χ4v) is 3.27. The van der Waals surface area contributed by atoms with Crippen LogP contribution in [0.1, 0.15) is 31.1 Å². The predicted molar refractivity (Wildman–Crippen MR) is 108 cm³/mol. The lowest BCUT2D eigenvalue weighted by molar-refractivity contribution is 0.100. The van der Waals surface area contributed by atoms with Crippen molar-refractivity contribution in [2.45, 2.75) is 30.4 Å². The summed E-state index contributed by atoms with van der Waals surface area (Å²) in [4.78, 5) is 19.2. The van der Waals surface area contributed by atoms with Crippen LogP contribution in [0.25, 0.3) is 11.1 Å². The standard InChI is InChI=1S/C20H25N3OS/c1-20(2,3)25-18-11-10-14(12-17(18)21)15-8-6-7-9-16(15)19(24)22-13-23(4)5/h6-13H,21H2,1-5H3. The van der Waals surface area contributed by atoms with E-state index in [2.05, 4.69) is 25.8 Å². The molecule has 0 atom stereocenters. The van der Waals surface area contributed by atoms with Gasteiger partial charge in [-0.05, 0) is 29.3 Å². The molecule has 25 heavy (non-hydrogen) atoms. The Hall–Kier alpha value is -2.27. The summed E-state index contributed by atoms with van der Waals surface area (Å²) in [6.45, 7) is 6.46. The second-order valence-corrected chi connectivity index (χ2v) is 8.89. The largest absolute Gasteiger partial charge is 0.398 e. The highest BCUT2D eigenvalue weighted by molar-refractivity contribution is 8.00. The lowest BCUT2D eigenvalue weighted by Gasteiger charge is -2.19. The van der Waals surface area contributed by atoms with E-state index in [9.17, 15) is 4.79 Å². The number of benzene rings is 2. The smallest absolute Gasteiger partial charge is 0.279 e. The summed E-state index contributed by atoms with van der Waals surface area (Å²) in [6.07, 6.45) is 1.51. The molecule has 0 aliphatic rings. The van der Waals surface area contributed by atoms with E-state index in [1.165, 1.54) is 6.34 Å². The van der Waals surface area contributed by atoms with Crippen LogP contribution in [0.15, 0.2) is 52.4 Å². The molecule has 0 radical (unpaired) electrons. The Morgan fingerprint density at radius 1 is 1.16 bits per heavy atom. The lowest BCUT2D eigenvalue weighted by atomic mass is 9.99. The van der Waals surface area contributed by atoms with Crippen molar-refractivity contribution in [3.05, 3.63) is 48.0 Å². The summed E-state index contributed by atoms with van der Waals surface area (Å²) >= 11 is 1.73. The molecule has 1 amide bonds. The van der Waals surface area contributed by atoms with Gasteiger partial charge in [-0.3, -0.25) is 4.79 Å². The van der Waals surface area contributed by atoms with E-state index in [-0.39, 0.29) is 10.7 Å². The predicted octanol–water partition coefficient (Wildman–Crippen LogP) is 4.56. The molecule has 2 N–H and O–H groups in total. The Bertz CT molecular complexity index is 792. The molecule has 0 unspecified atom stereocenters. The topological polar surface area (TPSA) is 58.7 Å². The lowest BCUT2D eigenvalue weighted by Crippen LogP contribution is -2.10. The van der Waals surface area contributed by atoms with E-state index >= 15 is 0 Å². The molecular weight excluding hydrogens is 330 g/mol. The minimum atomic E-state index is -0.268. The maximum atomic E-state index is 12.4.